The van der Waals surface area contributed by atoms with Crippen LogP contribution in [-0.4, -0.2) is 28.4 Å². The number of carbonyl (C=O) groups excluding carboxylic acids is 2. The lowest BCUT2D eigenvalue weighted by molar-refractivity contribution is -0.135. The largest absolute Gasteiger partial charge is 0.376 e. The number of nitrogens with one attached hydrogen (secondary N) is 3. The molecular weight excluding hydrogens is 480 g/mol. The third-order valence-corrected chi connectivity index (χ3v) is 10.3. The van der Waals surface area contributed by atoms with Crippen LogP contribution in [-0.2, 0) is 4.79 Å². The fraction of sp³-hybridized carbons (Fsp3) is 0.593. The molecule has 0 radical (unpaired) electrons. The summed E-state index contributed by atoms with van der Waals surface area (Å²) in [6, 6.07) is 5.24. The zero-order valence-corrected chi connectivity index (χ0v) is 21.8. The van der Waals surface area contributed by atoms with E-state index in [1.54, 1.807) is 6.20 Å². The van der Waals surface area contributed by atoms with Gasteiger partial charge in [0.25, 0.3) is 5.91 Å². The number of rotatable bonds is 9. The van der Waals surface area contributed by atoms with E-state index in [1.807, 2.05) is 25.1 Å². The van der Waals surface area contributed by atoms with Crippen molar-refractivity contribution in [2.45, 2.75) is 76.4 Å². The molecule has 2 heterocycles. The first-order chi connectivity index (χ1) is 16.8. The second-order valence-corrected chi connectivity index (χ2v) is 12.9. The molecule has 35 heavy (non-hydrogen) atoms. The number of hydrogen-bond acceptors (Lipinski definition) is 5. The van der Waals surface area contributed by atoms with Gasteiger partial charge in [-0.2, -0.15) is 0 Å². The SMILES string of the molecule is Cc1ncc(Cl)cc1N[C@@H](C)c1ccc(C(=O)N[C@@H](CC2CCC3CC32)C(=O)NC23CC(C2)C3)s1. The third-order valence-electron chi connectivity index (χ3n) is 8.78. The molecule has 0 aliphatic heterocycles. The van der Waals surface area contributed by atoms with Gasteiger partial charge in [0.15, 0.2) is 0 Å². The summed E-state index contributed by atoms with van der Waals surface area (Å²) in [5, 5.41) is 10.4. The Morgan fingerprint density at radius 2 is 2.06 bits per heavy atom. The first-order valence-electron chi connectivity index (χ1n) is 12.9. The number of anilines is 1. The van der Waals surface area contributed by atoms with Crippen LogP contribution >= 0.6 is 22.9 Å². The molecular formula is C27H33ClN4O2S. The Morgan fingerprint density at radius 1 is 1.26 bits per heavy atom. The van der Waals surface area contributed by atoms with Crippen molar-refractivity contribution in [2.75, 3.05) is 5.32 Å². The van der Waals surface area contributed by atoms with E-state index in [9.17, 15) is 9.59 Å². The van der Waals surface area contributed by atoms with Crippen LogP contribution in [0.5, 0.6) is 0 Å². The van der Waals surface area contributed by atoms with Crippen molar-refractivity contribution in [2.24, 2.45) is 23.7 Å². The highest BCUT2D eigenvalue weighted by molar-refractivity contribution is 7.14. The molecule has 3 unspecified atom stereocenters. The maximum atomic E-state index is 13.3. The van der Waals surface area contributed by atoms with Crippen LogP contribution in [0.2, 0.25) is 5.02 Å². The molecule has 186 valence electrons. The molecule has 5 aliphatic carbocycles. The van der Waals surface area contributed by atoms with Gasteiger partial charge in [0, 0.05) is 16.6 Å². The van der Waals surface area contributed by atoms with Crippen molar-refractivity contribution in [1.29, 1.82) is 0 Å². The van der Waals surface area contributed by atoms with Crippen molar-refractivity contribution in [3.63, 3.8) is 0 Å². The molecule has 6 nitrogen and oxygen atoms in total. The van der Waals surface area contributed by atoms with Gasteiger partial charge in [-0.1, -0.05) is 11.6 Å². The molecule has 7 rings (SSSR count). The van der Waals surface area contributed by atoms with Crippen molar-refractivity contribution < 1.29 is 9.59 Å². The lowest BCUT2D eigenvalue weighted by atomic mass is 9.50. The maximum Gasteiger partial charge on any atom is 0.262 e. The maximum absolute atomic E-state index is 13.3. The third kappa shape index (κ3) is 4.57. The second-order valence-electron chi connectivity index (χ2n) is 11.4. The average Bonchev–Trinajstić information content (AvgIpc) is 3.19. The Hall–Kier alpha value is -2.12. The van der Waals surface area contributed by atoms with Crippen LogP contribution in [0.4, 0.5) is 5.69 Å². The molecule has 5 atom stereocenters. The van der Waals surface area contributed by atoms with E-state index >= 15 is 0 Å². The van der Waals surface area contributed by atoms with Gasteiger partial charge in [-0.3, -0.25) is 14.6 Å². The predicted molar refractivity (Wildman–Crippen MR) is 139 cm³/mol. The summed E-state index contributed by atoms with van der Waals surface area (Å²) in [7, 11) is 0. The minimum atomic E-state index is -0.456. The fourth-order valence-electron chi connectivity index (χ4n) is 6.52. The molecule has 5 aliphatic rings. The number of halogens is 1. The van der Waals surface area contributed by atoms with Crippen molar-refractivity contribution >= 4 is 40.4 Å². The minimum absolute atomic E-state index is 0.00539. The first-order valence-corrected chi connectivity index (χ1v) is 14.1. The highest BCUT2D eigenvalue weighted by atomic mass is 35.5. The van der Waals surface area contributed by atoms with Crippen LogP contribution in [0.25, 0.3) is 0 Å². The van der Waals surface area contributed by atoms with Gasteiger partial charge in [-0.25, -0.2) is 0 Å². The van der Waals surface area contributed by atoms with E-state index in [2.05, 4.69) is 27.9 Å². The van der Waals surface area contributed by atoms with E-state index in [0.29, 0.717) is 15.8 Å². The van der Waals surface area contributed by atoms with E-state index in [1.165, 1.54) is 30.6 Å². The van der Waals surface area contributed by atoms with Crippen LogP contribution < -0.4 is 16.0 Å². The number of thiophene rings is 1. The van der Waals surface area contributed by atoms with Gasteiger partial charge < -0.3 is 16.0 Å². The zero-order chi connectivity index (χ0) is 24.3. The predicted octanol–water partition coefficient (Wildman–Crippen LogP) is 5.48. The average molecular weight is 513 g/mol. The van der Waals surface area contributed by atoms with Crippen LogP contribution in [0.3, 0.4) is 0 Å². The Balaban J connectivity index is 1.12. The highest BCUT2D eigenvalue weighted by Crippen LogP contribution is 2.58. The lowest BCUT2D eigenvalue weighted by Gasteiger charge is -2.62. The summed E-state index contributed by atoms with van der Waals surface area (Å²) < 4.78 is 0. The number of aryl methyl sites for hydroxylation is 1. The molecule has 3 N–H and O–H groups in total. The fourth-order valence-corrected chi connectivity index (χ4v) is 7.60. The summed E-state index contributed by atoms with van der Waals surface area (Å²) in [6.07, 6.45) is 9.48. The van der Waals surface area contributed by atoms with Crippen LogP contribution in [0.15, 0.2) is 24.4 Å². The number of aromatic nitrogens is 1. The zero-order valence-electron chi connectivity index (χ0n) is 20.3. The summed E-state index contributed by atoms with van der Waals surface area (Å²) >= 11 is 7.57. The van der Waals surface area contributed by atoms with Crippen LogP contribution in [0, 0.1) is 30.6 Å². The lowest BCUT2D eigenvalue weighted by Crippen LogP contribution is -2.70. The van der Waals surface area contributed by atoms with Gasteiger partial charge >= 0.3 is 0 Å². The summed E-state index contributed by atoms with van der Waals surface area (Å²) in [4.78, 5) is 32.5. The second kappa shape index (κ2) is 8.77. The van der Waals surface area contributed by atoms with Crippen molar-refractivity contribution in [3.05, 3.63) is 44.9 Å². The molecule has 2 aromatic heterocycles. The Bertz CT molecular complexity index is 1150. The van der Waals surface area contributed by atoms with E-state index in [4.69, 9.17) is 11.6 Å². The minimum Gasteiger partial charge on any atom is -0.376 e. The number of amides is 2. The molecule has 8 heteroatoms. The Kier molecular flexibility index (Phi) is 5.83. The van der Waals surface area contributed by atoms with E-state index < -0.39 is 6.04 Å². The molecule has 0 saturated heterocycles. The smallest absolute Gasteiger partial charge is 0.262 e. The molecule has 5 fully saturated rings. The van der Waals surface area contributed by atoms with Crippen molar-refractivity contribution in [1.82, 2.24) is 15.6 Å². The molecule has 0 aromatic carbocycles. The molecule has 2 aromatic rings. The van der Waals surface area contributed by atoms with Gasteiger partial charge in [0.2, 0.25) is 5.91 Å². The molecule has 0 spiro atoms. The van der Waals surface area contributed by atoms with E-state index in [-0.39, 0.29) is 23.4 Å². The van der Waals surface area contributed by atoms with E-state index in [0.717, 1.165) is 59.7 Å². The van der Waals surface area contributed by atoms with Crippen LogP contribution in [0.1, 0.15) is 78.2 Å². The van der Waals surface area contributed by atoms with Gasteiger partial charge in [0.1, 0.15) is 6.04 Å². The monoisotopic (exact) mass is 512 g/mol. The summed E-state index contributed by atoms with van der Waals surface area (Å²) in [6.45, 7) is 3.99. The number of carbonyl (C=O) groups is 2. The van der Waals surface area contributed by atoms with Gasteiger partial charge in [-0.15, -0.1) is 11.3 Å². The number of nitrogens with zero attached hydrogens (tertiary/aromatic N) is 1. The number of hydrogen-bond donors (Lipinski definition) is 3. The van der Waals surface area contributed by atoms with Gasteiger partial charge in [-0.05, 0) is 101 Å². The summed E-state index contributed by atoms with van der Waals surface area (Å²) in [5.74, 6) is 2.85. The Morgan fingerprint density at radius 3 is 2.71 bits per heavy atom. The summed E-state index contributed by atoms with van der Waals surface area (Å²) in [5.41, 5.74) is 1.77. The normalized spacial score (nSPS) is 31.4. The molecule has 2 bridgehead atoms. The Labute approximate surface area is 215 Å². The quantitative estimate of drug-likeness (QED) is 0.415. The molecule has 5 saturated carbocycles. The molecule has 2 amide bonds. The highest BCUT2D eigenvalue weighted by Gasteiger charge is 2.58. The van der Waals surface area contributed by atoms with Gasteiger partial charge in [0.05, 0.1) is 27.3 Å². The standard InChI is InChI=1S/C27H33ClN4O2S/c1-14-21(9-19(28)13-29-14)30-15(2)23-5-6-24(35-23)26(34)31-22(8-18-4-3-17-7-20(17)18)25(33)32-27-10-16(11-27)12-27/h5-6,9,13,15-18,20,22,30H,3-4,7-8,10-12H2,1-2H3,(H,31,34)(H,32,33)/t15-,16?,17?,18?,20?,22-,27?/m0/s1. The first kappa shape index (κ1) is 23.3. The van der Waals surface area contributed by atoms with Crippen molar-refractivity contribution in [3.8, 4) is 0 Å². The number of pyridine rings is 1. The topological polar surface area (TPSA) is 83.1 Å². The number of fused-ring (bicyclic) bond motifs is 1.